The lowest BCUT2D eigenvalue weighted by Gasteiger charge is -2.02. The monoisotopic (exact) mass is 358 g/mol. The number of nitrogens with one attached hydrogen (secondary N) is 1. The van der Waals surface area contributed by atoms with E-state index in [4.69, 9.17) is 4.42 Å². The van der Waals surface area contributed by atoms with Crippen LogP contribution < -0.4 is 5.32 Å². The summed E-state index contributed by atoms with van der Waals surface area (Å²) in [5, 5.41) is 13.0. The van der Waals surface area contributed by atoms with Gasteiger partial charge >= 0.3 is 5.88 Å². The standard InChI is InChI=1S/C11H7IN2O4/c12-7-2-1-3-8(6-7)13-11(15)9-4-5-10(18-9)14(16)17/h1-6H,(H,13,15). The molecule has 0 saturated heterocycles. The molecule has 0 spiro atoms. The minimum Gasteiger partial charge on any atom is -0.395 e. The first-order valence-corrected chi connectivity index (χ1v) is 5.95. The molecule has 7 heteroatoms. The van der Waals surface area contributed by atoms with Crippen LogP contribution in [0.4, 0.5) is 11.6 Å². The highest BCUT2D eigenvalue weighted by molar-refractivity contribution is 14.1. The highest BCUT2D eigenvalue weighted by atomic mass is 127. The number of halogens is 1. The maximum Gasteiger partial charge on any atom is 0.433 e. The van der Waals surface area contributed by atoms with Crippen LogP contribution in [0.3, 0.4) is 0 Å². The summed E-state index contributed by atoms with van der Waals surface area (Å²) in [5.41, 5.74) is 0.603. The van der Waals surface area contributed by atoms with Crippen LogP contribution in [0.2, 0.25) is 0 Å². The summed E-state index contributed by atoms with van der Waals surface area (Å²) in [7, 11) is 0. The van der Waals surface area contributed by atoms with E-state index in [9.17, 15) is 14.9 Å². The van der Waals surface area contributed by atoms with Crippen molar-refractivity contribution in [3.05, 3.63) is 55.8 Å². The van der Waals surface area contributed by atoms with Crippen molar-refractivity contribution in [2.75, 3.05) is 5.32 Å². The van der Waals surface area contributed by atoms with Gasteiger partial charge in [0.1, 0.15) is 4.92 Å². The average Bonchev–Trinajstić information content (AvgIpc) is 2.78. The lowest BCUT2D eigenvalue weighted by Crippen LogP contribution is -2.10. The molecule has 0 unspecified atom stereocenters. The number of hydrogen-bond donors (Lipinski definition) is 1. The molecule has 0 fully saturated rings. The van der Waals surface area contributed by atoms with Crippen molar-refractivity contribution in [2.24, 2.45) is 0 Å². The van der Waals surface area contributed by atoms with Crippen LogP contribution in [-0.4, -0.2) is 10.8 Å². The molecule has 0 radical (unpaired) electrons. The predicted molar refractivity (Wildman–Crippen MR) is 72.5 cm³/mol. The van der Waals surface area contributed by atoms with Crippen molar-refractivity contribution in [1.29, 1.82) is 0 Å². The van der Waals surface area contributed by atoms with Gasteiger partial charge in [-0.3, -0.25) is 14.9 Å². The van der Waals surface area contributed by atoms with E-state index in [0.717, 1.165) is 9.64 Å². The van der Waals surface area contributed by atoms with Crippen molar-refractivity contribution in [1.82, 2.24) is 0 Å². The number of nitrogens with zero attached hydrogens (tertiary/aromatic N) is 1. The Morgan fingerprint density at radius 1 is 1.33 bits per heavy atom. The third kappa shape index (κ3) is 2.86. The van der Waals surface area contributed by atoms with E-state index in [2.05, 4.69) is 27.9 Å². The summed E-state index contributed by atoms with van der Waals surface area (Å²) in [6.07, 6.45) is 0. The van der Waals surface area contributed by atoms with E-state index < -0.39 is 16.7 Å². The van der Waals surface area contributed by atoms with Crippen molar-refractivity contribution in [3.8, 4) is 0 Å². The van der Waals surface area contributed by atoms with Gasteiger partial charge in [0.25, 0.3) is 5.91 Å². The molecule has 1 aromatic carbocycles. The fourth-order valence-corrected chi connectivity index (χ4v) is 1.85. The summed E-state index contributed by atoms with van der Waals surface area (Å²) in [4.78, 5) is 21.5. The van der Waals surface area contributed by atoms with Gasteiger partial charge in [0.2, 0.25) is 0 Å². The highest BCUT2D eigenvalue weighted by Gasteiger charge is 2.17. The van der Waals surface area contributed by atoms with Gasteiger partial charge in [0.05, 0.1) is 6.07 Å². The molecule has 0 bridgehead atoms. The molecule has 1 amide bonds. The van der Waals surface area contributed by atoms with E-state index in [1.165, 1.54) is 6.07 Å². The van der Waals surface area contributed by atoms with Gasteiger partial charge in [-0.05, 0) is 46.9 Å². The predicted octanol–water partition coefficient (Wildman–Crippen LogP) is 3.04. The summed E-state index contributed by atoms with van der Waals surface area (Å²) < 4.78 is 5.76. The average molecular weight is 358 g/mol. The lowest BCUT2D eigenvalue weighted by molar-refractivity contribution is -0.402. The summed E-state index contributed by atoms with van der Waals surface area (Å²) in [5.74, 6) is -1.08. The first-order chi connectivity index (χ1) is 8.56. The highest BCUT2D eigenvalue weighted by Crippen LogP contribution is 2.18. The molecule has 18 heavy (non-hydrogen) atoms. The Balaban J connectivity index is 2.14. The zero-order valence-electron chi connectivity index (χ0n) is 8.92. The van der Waals surface area contributed by atoms with E-state index in [0.29, 0.717) is 5.69 Å². The molecule has 0 atom stereocenters. The number of rotatable bonds is 3. The Kier molecular flexibility index (Phi) is 3.60. The van der Waals surface area contributed by atoms with Crippen LogP contribution in [0.5, 0.6) is 0 Å². The van der Waals surface area contributed by atoms with Gasteiger partial charge in [-0.1, -0.05) is 6.07 Å². The van der Waals surface area contributed by atoms with Gasteiger partial charge in [0.15, 0.2) is 5.76 Å². The second-order valence-corrected chi connectivity index (χ2v) is 4.61. The van der Waals surface area contributed by atoms with Crippen LogP contribution in [0.1, 0.15) is 10.6 Å². The maximum absolute atomic E-state index is 11.7. The molecule has 2 rings (SSSR count). The smallest absolute Gasteiger partial charge is 0.395 e. The zero-order chi connectivity index (χ0) is 13.1. The molecule has 1 aromatic heterocycles. The number of furan rings is 1. The molecule has 1 N–H and O–H groups in total. The minimum absolute atomic E-state index is 0.0967. The number of carbonyl (C=O) groups excluding carboxylic acids is 1. The van der Waals surface area contributed by atoms with Crippen LogP contribution in [0.25, 0.3) is 0 Å². The Labute approximate surface area is 115 Å². The molecule has 0 aliphatic heterocycles. The first-order valence-electron chi connectivity index (χ1n) is 4.87. The van der Waals surface area contributed by atoms with Crippen molar-refractivity contribution >= 4 is 40.1 Å². The van der Waals surface area contributed by atoms with Crippen LogP contribution in [0.15, 0.2) is 40.8 Å². The van der Waals surface area contributed by atoms with Gasteiger partial charge < -0.3 is 9.73 Å². The minimum atomic E-state index is -0.692. The lowest BCUT2D eigenvalue weighted by atomic mass is 10.3. The van der Waals surface area contributed by atoms with E-state index in [-0.39, 0.29) is 5.76 Å². The maximum atomic E-state index is 11.7. The summed E-state index contributed by atoms with van der Waals surface area (Å²) >= 11 is 2.12. The number of hydrogen-bond acceptors (Lipinski definition) is 4. The van der Waals surface area contributed by atoms with Crippen molar-refractivity contribution in [3.63, 3.8) is 0 Å². The van der Waals surface area contributed by atoms with Crippen molar-refractivity contribution in [2.45, 2.75) is 0 Å². The third-order valence-electron chi connectivity index (χ3n) is 2.08. The number of carbonyl (C=O) groups is 1. The van der Waals surface area contributed by atoms with E-state index in [1.54, 1.807) is 18.2 Å². The van der Waals surface area contributed by atoms with Gasteiger partial charge in [-0.25, -0.2) is 0 Å². The molecule has 1 heterocycles. The number of benzene rings is 1. The molecule has 0 saturated carbocycles. The number of anilines is 1. The molecular weight excluding hydrogens is 351 g/mol. The molecule has 2 aromatic rings. The Morgan fingerprint density at radius 2 is 2.11 bits per heavy atom. The quantitative estimate of drug-likeness (QED) is 0.519. The largest absolute Gasteiger partial charge is 0.433 e. The fourth-order valence-electron chi connectivity index (χ4n) is 1.31. The number of nitro groups is 1. The summed E-state index contributed by atoms with van der Waals surface area (Å²) in [6, 6.07) is 9.58. The Bertz CT molecular complexity index is 609. The second kappa shape index (κ2) is 5.17. The topological polar surface area (TPSA) is 85.4 Å². The Hall–Kier alpha value is -1.90. The fraction of sp³-hybridized carbons (Fsp3) is 0. The van der Waals surface area contributed by atoms with Crippen LogP contribution in [-0.2, 0) is 0 Å². The first kappa shape index (κ1) is 12.6. The molecule has 0 aliphatic rings. The zero-order valence-corrected chi connectivity index (χ0v) is 11.1. The third-order valence-corrected chi connectivity index (χ3v) is 2.75. The molecule has 6 nitrogen and oxygen atoms in total. The van der Waals surface area contributed by atoms with Gasteiger partial charge in [-0.2, -0.15) is 0 Å². The van der Waals surface area contributed by atoms with E-state index >= 15 is 0 Å². The van der Waals surface area contributed by atoms with Crippen molar-refractivity contribution < 1.29 is 14.1 Å². The molecule has 92 valence electrons. The van der Waals surface area contributed by atoms with Crippen LogP contribution >= 0.6 is 22.6 Å². The van der Waals surface area contributed by atoms with Gasteiger partial charge in [-0.15, -0.1) is 0 Å². The normalized spacial score (nSPS) is 10.1. The summed E-state index contributed by atoms with van der Waals surface area (Å²) in [6.45, 7) is 0. The SMILES string of the molecule is O=C(Nc1cccc(I)c1)c1ccc([N+](=O)[O-])o1. The second-order valence-electron chi connectivity index (χ2n) is 3.36. The molecular formula is C11H7IN2O4. The van der Waals surface area contributed by atoms with Gasteiger partial charge in [0, 0.05) is 9.26 Å². The Morgan fingerprint density at radius 3 is 2.72 bits per heavy atom. The van der Waals surface area contributed by atoms with Crippen LogP contribution in [0, 0.1) is 13.7 Å². The molecule has 0 aliphatic carbocycles. The van der Waals surface area contributed by atoms with E-state index in [1.807, 2.05) is 6.07 Å². The number of amides is 1.